The van der Waals surface area contributed by atoms with Crippen LogP contribution in [-0.2, 0) is 9.59 Å². The molecule has 0 spiro atoms. The summed E-state index contributed by atoms with van der Waals surface area (Å²) < 4.78 is 0. The normalized spacial score (nSPS) is 32.0. The largest absolute Gasteiger partial charge is 0.386 e. The highest BCUT2D eigenvalue weighted by Crippen LogP contribution is 2.26. The van der Waals surface area contributed by atoms with Gasteiger partial charge in [-0.15, -0.1) is 0 Å². The SMILES string of the molecule is C/C=C/[C@H]1C=CC(=O)[C@H](O)[C@H]1C(=O)[C@H](C)O. The highest BCUT2D eigenvalue weighted by molar-refractivity contribution is 6.00. The summed E-state index contributed by atoms with van der Waals surface area (Å²) in [4.78, 5) is 23.0. The Labute approximate surface area is 94.3 Å². The van der Waals surface area contributed by atoms with E-state index in [0.717, 1.165) is 0 Å². The molecule has 2 N–H and O–H groups in total. The van der Waals surface area contributed by atoms with Crippen molar-refractivity contribution < 1.29 is 19.8 Å². The van der Waals surface area contributed by atoms with E-state index in [0.29, 0.717) is 0 Å². The van der Waals surface area contributed by atoms with Crippen LogP contribution in [0.25, 0.3) is 0 Å². The van der Waals surface area contributed by atoms with Crippen molar-refractivity contribution in [2.75, 3.05) is 0 Å². The van der Waals surface area contributed by atoms with Crippen molar-refractivity contribution in [1.82, 2.24) is 0 Å². The van der Waals surface area contributed by atoms with Crippen molar-refractivity contribution in [3.05, 3.63) is 24.3 Å². The van der Waals surface area contributed by atoms with Gasteiger partial charge in [-0.2, -0.15) is 0 Å². The molecule has 4 nitrogen and oxygen atoms in total. The van der Waals surface area contributed by atoms with E-state index in [4.69, 9.17) is 0 Å². The zero-order chi connectivity index (χ0) is 12.3. The van der Waals surface area contributed by atoms with Gasteiger partial charge in [0.25, 0.3) is 0 Å². The number of aliphatic hydroxyl groups is 2. The Hall–Kier alpha value is -1.26. The van der Waals surface area contributed by atoms with Crippen LogP contribution in [0.3, 0.4) is 0 Å². The highest BCUT2D eigenvalue weighted by Gasteiger charge is 2.39. The number of ketones is 2. The molecule has 0 aromatic rings. The second-order valence-corrected chi connectivity index (χ2v) is 3.91. The molecule has 0 saturated heterocycles. The summed E-state index contributed by atoms with van der Waals surface area (Å²) in [6.45, 7) is 3.13. The van der Waals surface area contributed by atoms with Crippen molar-refractivity contribution >= 4 is 11.6 Å². The van der Waals surface area contributed by atoms with Crippen LogP contribution in [-0.4, -0.2) is 34.0 Å². The summed E-state index contributed by atoms with van der Waals surface area (Å²) in [5.74, 6) is -2.21. The molecule has 0 aromatic heterocycles. The first-order valence-corrected chi connectivity index (χ1v) is 5.23. The predicted molar refractivity (Wildman–Crippen MR) is 58.6 cm³/mol. The lowest BCUT2D eigenvalue weighted by Crippen LogP contribution is -2.44. The Morgan fingerprint density at radius 2 is 2.19 bits per heavy atom. The topological polar surface area (TPSA) is 74.6 Å². The monoisotopic (exact) mass is 224 g/mol. The molecule has 1 aliphatic rings. The average Bonchev–Trinajstić information content (AvgIpc) is 2.23. The van der Waals surface area contributed by atoms with Crippen molar-refractivity contribution in [3.63, 3.8) is 0 Å². The van der Waals surface area contributed by atoms with E-state index >= 15 is 0 Å². The second-order valence-electron chi connectivity index (χ2n) is 3.91. The van der Waals surface area contributed by atoms with E-state index in [1.165, 1.54) is 13.0 Å². The molecule has 0 bridgehead atoms. The lowest BCUT2D eigenvalue weighted by molar-refractivity contribution is -0.141. The Kier molecular flexibility index (Phi) is 4.15. The molecule has 0 radical (unpaired) electrons. The fourth-order valence-electron chi connectivity index (χ4n) is 1.84. The molecular weight excluding hydrogens is 208 g/mol. The third kappa shape index (κ3) is 2.46. The lowest BCUT2D eigenvalue weighted by Gasteiger charge is -2.28. The van der Waals surface area contributed by atoms with Gasteiger partial charge < -0.3 is 10.2 Å². The third-order valence-corrected chi connectivity index (χ3v) is 2.68. The summed E-state index contributed by atoms with van der Waals surface area (Å²) in [7, 11) is 0. The zero-order valence-electron chi connectivity index (χ0n) is 9.33. The van der Waals surface area contributed by atoms with E-state index in [2.05, 4.69) is 0 Å². The molecule has 0 aliphatic heterocycles. The molecule has 16 heavy (non-hydrogen) atoms. The summed E-state index contributed by atoms with van der Waals surface area (Å²) in [6, 6.07) is 0. The Morgan fingerprint density at radius 3 is 2.69 bits per heavy atom. The molecule has 88 valence electrons. The Balaban J connectivity index is 3.03. The maximum absolute atomic E-state index is 11.7. The van der Waals surface area contributed by atoms with Crippen molar-refractivity contribution in [1.29, 1.82) is 0 Å². The molecule has 0 aromatic carbocycles. The molecule has 0 saturated carbocycles. The number of aliphatic hydroxyl groups excluding tert-OH is 2. The van der Waals surface area contributed by atoms with E-state index in [1.54, 1.807) is 25.2 Å². The molecule has 4 atom stereocenters. The summed E-state index contributed by atoms with van der Waals surface area (Å²) in [5, 5.41) is 18.9. The standard InChI is InChI=1S/C12H16O4/c1-3-4-8-5-6-9(14)12(16)10(8)11(15)7(2)13/h3-8,10,12-13,16H,1-2H3/b4-3+/t7-,8-,10+,12-/m0/s1. The van der Waals surface area contributed by atoms with Gasteiger partial charge in [0.15, 0.2) is 11.6 Å². The maximum Gasteiger partial charge on any atom is 0.184 e. The lowest BCUT2D eigenvalue weighted by atomic mass is 9.77. The Bertz CT molecular complexity index is 341. The summed E-state index contributed by atoms with van der Waals surface area (Å²) in [5.41, 5.74) is 0. The van der Waals surface area contributed by atoms with Crippen LogP contribution < -0.4 is 0 Å². The number of carbonyl (C=O) groups excluding carboxylic acids is 2. The van der Waals surface area contributed by atoms with Crippen LogP contribution in [0.2, 0.25) is 0 Å². The fraction of sp³-hybridized carbons (Fsp3) is 0.500. The molecule has 1 rings (SSSR count). The van der Waals surface area contributed by atoms with Gasteiger partial charge in [0.1, 0.15) is 12.2 Å². The van der Waals surface area contributed by atoms with Gasteiger partial charge in [-0.05, 0) is 19.9 Å². The number of Topliss-reactive ketones (excluding diaryl/α,β-unsaturated/α-hetero) is 1. The van der Waals surface area contributed by atoms with Gasteiger partial charge in [-0.25, -0.2) is 0 Å². The average molecular weight is 224 g/mol. The predicted octanol–water partition coefficient (Wildman–Crippen LogP) is 0.245. The summed E-state index contributed by atoms with van der Waals surface area (Å²) >= 11 is 0. The number of hydrogen-bond acceptors (Lipinski definition) is 4. The molecule has 0 fully saturated rings. The van der Waals surface area contributed by atoms with Gasteiger partial charge in [-0.1, -0.05) is 18.2 Å². The zero-order valence-corrected chi connectivity index (χ0v) is 9.33. The highest BCUT2D eigenvalue weighted by atomic mass is 16.3. The maximum atomic E-state index is 11.7. The molecule has 0 heterocycles. The van der Waals surface area contributed by atoms with Crippen molar-refractivity contribution in [3.8, 4) is 0 Å². The fourth-order valence-corrected chi connectivity index (χ4v) is 1.84. The van der Waals surface area contributed by atoms with Gasteiger partial charge in [0.05, 0.1) is 5.92 Å². The number of rotatable bonds is 3. The van der Waals surface area contributed by atoms with E-state index in [1.807, 2.05) is 0 Å². The van der Waals surface area contributed by atoms with Gasteiger partial charge in [0.2, 0.25) is 0 Å². The van der Waals surface area contributed by atoms with Crippen LogP contribution in [0.1, 0.15) is 13.8 Å². The minimum atomic E-state index is -1.35. The third-order valence-electron chi connectivity index (χ3n) is 2.68. The minimum absolute atomic E-state index is 0.334. The van der Waals surface area contributed by atoms with Crippen LogP contribution in [0.4, 0.5) is 0 Å². The van der Waals surface area contributed by atoms with Crippen molar-refractivity contribution in [2.45, 2.75) is 26.1 Å². The Morgan fingerprint density at radius 1 is 1.56 bits per heavy atom. The molecule has 4 heteroatoms. The van der Waals surface area contributed by atoms with Crippen LogP contribution >= 0.6 is 0 Å². The van der Waals surface area contributed by atoms with E-state index in [9.17, 15) is 19.8 Å². The molecule has 1 aliphatic carbocycles. The van der Waals surface area contributed by atoms with Crippen molar-refractivity contribution in [2.24, 2.45) is 11.8 Å². The second kappa shape index (κ2) is 5.18. The summed E-state index contributed by atoms with van der Waals surface area (Å²) in [6.07, 6.45) is 3.82. The van der Waals surface area contributed by atoms with E-state index in [-0.39, 0.29) is 5.92 Å². The quantitative estimate of drug-likeness (QED) is 0.674. The van der Waals surface area contributed by atoms with E-state index < -0.39 is 29.7 Å². The number of allylic oxidation sites excluding steroid dienone is 3. The van der Waals surface area contributed by atoms with Crippen LogP contribution in [0, 0.1) is 11.8 Å². The molecule has 0 amide bonds. The molecular formula is C12H16O4. The number of carbonyl (C=O) groups is 2. The van der Waals surface area contributed by atoms with Gasteiger partial charge >= 0.3 is 0 Å². The van der Waals surface area contributed by atoms with Crippen LogP contribution in [0.15, 0.2) is 24.3 Å². The first kappa shape index (κ1) is 12.8. The molecule has 0 unspecified atom stereocenters. The minimum Gasteiger partial charge on any atom is -0.386 e. The van der Waals surface area contributed by atoms with Gasteiger partial charge in [-0.3, -0.25) is 9.59 Å². The van der Waals surface area contributed by atoms with Gasteiger partial charge in [0, 0.05) is 5.92 Å². The first-order valence-electron chi connectivity index (χ1n) is 5.23. The first-order chi connectivity index (χ1) is 7.49. The smallest absolute Gasteiger partial charge is 0.184 e. The number of hydrogen-bond donors (Lipinski definition) is 2. The van der Waals surface area contributed by atoms with Crippen LogP contribution in [0.5, 0.6) is 0 Å².